The lowest BCUT2D eigenvalue weighted by atomic mass is 9.70. The normalized spacial score (nSPS) is 13.5. The lowest BCUT2D eigenvalue weighted by Crippen LogP contribution is -2.38. The molecule has 3 heteroatoms. The van der Waals surface area contributed by atoms with Crippen LogP contribution in [0.2, 0.25) is 0 Å². The van der Waals surface area contributed by atoms with Gasteiger partial charge in [0.05, 0.1) is 16.8 Å². The number of nitrogens with zero attached hydrogens (tertiary/aromatic N) is 1. The second kappa shape index (κ2) is 11.1. The first-order valence-corrected chi connectivity index (χ1v) is 17.2. The molecule has 0 saturated heterocycles. The van der Waals surface area contributed by atoms with E-state index in [1.165, 1.54) is 50.6 Å². The molecule has 0 fully saturated rings. The number of benzene rings is 7. The molecular weight excluding hydrogens is 617 g/mol. The predicted molar refractivity (Wildman–Crippen MR) is 202 cm³/mol. The van der Waals surface area contributed by atoms with Crippen molar-refractivity contribution in [1.82, 2.24) is 0 Å². The summed E-state index contributed by atoms with van der Waals surface area (Å²) in [6.45, 7) is 5.96. The van der Waals surface area contributed by atoms with E-state index in [9.17, 15) is 0 Å². The fourth-order valence-electron chi connectivity index (χ4n) is 8.53. The molecule has 2 aliphatic carbocycles. The van der Waals surface area contributed by atoms with Crippen LogP contribution in [0.4, 0.5) is 20.2 Å². The molecular formula is C47H35F2N. The summed E-state index contributed by atoms with van der Waals surface area (Å²) in [5.74, 6) is -0.786. The van der Waals surface area contributed by atoms with E-state index >= 15 is 8.78 Å². The van der Waals surface area contributed by atoms with Crippen LogP contribution in [0.1, 0.15) is 43.0 Å². The third-order valence-corrected chi connectivity index (χ3v) is 10.5. The molecule has 7 aromatic rings. The maximum atomic E-state index is 17.1. The quantitative estimate of drug-likeness (QED) is 0.183. The summed E-state index contributed by atoms with van der Waals surface area (Å²) < 4.78 is 32.6. The Balaban J connectivity index is 1.33. The second-order valence-corrected chi connectivity index (χ2v) is 14.3. The zero-order valence-electron chi connectivity index (χ0n) is 28.2. The van der Waals surface area contributed by atoms with Gasteiger partial charge in [-0.25, -0.2) is 8.78 Å². The number of hydrogen-bond acceptors (Lipinski definition) is 1. The van der Waals surface area contributed by atoms with E-state index in [0.29, 0.717) is 16.9 Å². The van der Waals surface area contributed by atoms with E-state index in [2.05, 4.69) is 91.0 Å². The van der Waals surface area contributed by atoms with Gasteiger partial charge in [0.1, 0.15) is 5.82 Å². The van der Waals surface area contributed by atoms with Crippen LogP contribution in [0.3, 0.4) is 0 Å². The van der Waals surface area contributed by atoms with Crippen molar-refractivity contribution >= 4 is 11.4 Å². The van der Waals surface area contributed by atoms with Crippen molar-refractivity contribution in [3.8, 4) is 44.5 Å². The minimum atomic E-state index is -0.642. The average molecular weight is 652 g/mol. The molecule has 1 spiro atoms. The van der Waals surface area contributed by atoms with Gasteiger partial charge in [0.2, 0.25) is 0 Å². The molecule has 9 rings (SSSR count). The van der Waals surface area contributed by atoms with E-state index in [1.54, 1.807) is 23.1 Å². The van der Waals surface area contributed by atoms with Crippen LogP contribution < -0.4 is 4.90 Å². The van der Waals surface area contributed by atoms with Crippen LogP contribution in [0.15, 0.2) is 158 Å². The lowest BCUT2D eigenvalue weighted by molar-refractivity contribution is 0.527. The zero-order chi connectivity index (χ0) is 34.2. The van der Waals surface area contributed by atoms with Gasteiger partial charge in [-0.1, -0.05) is 127 Å². The molecule has 0 atom stereocenters. The minimum Gasteiger partial charge on any atom is -0.331 e. The highest BCUT2D eigenvalue weighted by molar-refractivity contribution is 5.96. The van der Waals surface area contributed by atoms with E-state index in [0.717, 1.165) is 16.7 Å². The third-order valence-electron chi connectivity index (χ3n) is 10.5. The largest absolute Gasteiger partial charge is 0.331 e. The number of halogens is 2. The van der Waals surface area contributed by atoms with Crippen LogP contribution in [0.5, 0.6) is 0 Å². The predicted octanol–water partition coefficient (Wildman–Crippen LogP) is 12.6. The maximum Gasteiger partial charge on any atom is 0.154 e. The Hall–Kier alpha value is -5.80. The van der Waals surface area contributed by atoms with Gasteiger partial charge in [0.25, 0.3) is 0 Å². The molecule has 50 heavy (non-hydrogen) atoms. The van der Waals surface area contributed by atoms with Crippen molar-refractivity contribution in [2.45, 2.75) is 31.7 Å². The molecule has 242 valence electrons. The van der Waals surface area contributed by atoms with Crippen molar-refractivity contribution in [2.75, 3.05) is 4.90 Å². The number of rotatable bonds is 4. The van der Waals surface area contributed by atoms with Gasteiger partial charge < -0.3 is 4.90 Å². The van der Waals surface area contributed by atoms with E-state index in [-0.39, 0.29) is 5.82 Å². The van der Waals surface area contributed by atoms with Gasteiger partial charge >= 0.3 is 0 Å². The molecule has 0 heterocycles. The van der Waals surface area contributed by atoms with Crippen LogP contribution in [0, 0.1) is 11.6 Å². The smallest absolute Gasteiger partial charge is 0.154 e. The van der Waals surface area contributed by atoms with E-state index < -0.39 is 16.8 Å². The summed E-state index contributed by atoms with van der Waals surface area (Å²) in [6, 6.07) is 53.1. The van der Waals surface area contributed by atoms with Crippen LogP contribution in [0.25, 0.3) is 44.5 Å². The standard InChI is InChI=1S/C47H35F2N/c1-46(2,3)50(43-24-14-13-23-42(43)48)44-29-32(27-37(45(44)49)30-15-5-4-6-16-30)31-25-26-36-35-19-9-12-22-40(35)47(41(36)28-31)38-20-10-7-17-33(38)34-18-8-11-21-39(34)47/h4-29H,1-3H3. The second-order valence-electron chi connectivity index (χ2n) is 14.3. The summed E-state index contributed by atoms with van der Waals surface area (Å²) in [6.07, 6.45) is 0. The minimum absolute atomic E-state index is 0.328. The monoisotopic (exact) mass is 651 g/mol. The third kappa shape index (κ3) is 4.29. The number of hydrogen-bond donors (Lipinski definition) is 0. The Morgan fingerprint density at radius 3 is 1.52 bits per heavy atom. The first-order valence-electron chi connectivity index (χ1n) is 17.2. The van der Waals surface area contributed by atoms with Crippen LogP contribution >= 0.6 is 0 Å². The lowest BCUT2D eigenvalue weighted by Gasteiger charge is -2.38. The van der Waals surface area contributed by atoms with Gasteiger partial charge in [-0.2, -0.15) is 0 Å². The number of fused-ring (bicyclic) bond motifs is 10. The molecule has 7 aromatic carbocycles. The molecule has 0 saturated carbocycles. The zero-order valence-corrected chi connectivity index (χ0v) is 28.2. The molecule has 2 aliphatic rings. The summed E-state index contributed by atoms with van der Waals surface area (Å²) in [5.41, 5.74) is 12.5. The van der Waals surface area contributed by atoms with E-state index in [1.807, 2.05) is 63.2 Å². The topological polar surface area (TPSA) is 3.24 Å². The fraction of sp³-hybridized carbons (Fsp3) is 0.106. The Labute approximate surface area is 292 Å². The average Bonchev–Trinajstić information content (AvgIpc) is 3.60. The van der Waals surface area contributed by atoms with Gasteiger partial charge in [0, 0.05) is 11.1 Å². The number of anilines is 2. The molecule has 0 N–H and O–H groups in total. The molecule has 1 nitrogen and oxygen atoms in total. The summed E-state index contributed by atoms with van der Waals surface area (Å²) in [4.78, 5) is 1.79. The molecule has 0 aliphatic heterocycles. The van der Waals surface area contributed by atoms with Gasteiger partial charge in [-0.05, 0) is 112 Å². The molecule has 0 aromatic heterocycles. The van der Waals surface area contributed by atoms with Crippen molar-refractivity contribution in [2.24, 2.45) is 0 Å². The van der Waals surface area contributed by atoms with Crippen LogP contribution in [-0.2, 0) is 5.41 Å². The fourth-order valence-corrected chi connectivity index (χ4v) is 8.53. The van der Waals surface area contributed by atoms with Gasteiger partial charge in [-0.3, -0.25) is 0 Å². The Bertz CT molecular complexity index is 2390. The molecule has 0 unspecified atom stereocenters. The highest BCUT2D eigenvalue weighted by Crippen LogP contribution is 2.63. The first kappa shape index (κ1) is 30.3. The summed E-state index contributed by atoms with van der Waals surface area (Å²) in [7, 11) is 0. The first-order chi connectivity index (χ1) is 24.3. The van der Waals surface area contributed by atoms with Crippen molar-refractivity contribution in [1.29, 1.82) is 0 Å². The highest BCUT2D eigenvalue weighted by atomic mass is 19.1. The van der Waals surface area contributed by atoms with Gasteiger partial charge in [0.15, 0.2) is 5.82 Å². The van der Waals surface area contributed by atoms with E-state index in [4.69, 9.17) is 0 Å². The maximum absolute atomic E-state index is 17.1. The molecule has 0 amide bonds. The SMILES string of the molecule is CC(C)(C)N(c1ccccc1F)c1cc(-c2ccc3c(c2)C2(c4ccccc4-c4ccccc42)c2ccccc2-3)cc(-c2ccccc2)c1F. The Kier molecular flexibility index (Phi) is 6.73. The van der Waals surface area contributed by atoms with Crippen LogP contribution in [-0.4, -0.2) is 5.54 Å². The number of para-hydroxylation sites is 1. The highest BCUT2D eigenvalue weighted by Gasteiger charge is 2.51. The van der Waals surface area contributed by atoms with Crippen molar-refractivity contribution in [3.05, 3.63) is 192 Å². The summed E-state index contributed by atoms with van der Waals surface area (Å²) in [5, 5.41) is 0. The molecule has 0 bridgehead atoms. The molecule has 0 radical (unpaired) electrons. The van der Waals surface area contributed by atoms with Crippen molar-refractivity contribution < 1.29 is 8.78 Å². The Morgan fingerprint density at radius 1 is 0.420 bits per heavy atom. The van der Waals surface area contributed by atoms with Gasteiger partial charge in [-0.15, -0.1) is 0 Å². The summed E-state index contributed by atoms with van der Waals surface area (Å²) >= 11 is 0. The Morgan fingerprint density at radius 2 is 0.940 bits per heavy atom. The van der Waals surface area contributed by atoms with Crippen molar-refractivity contribution in [3.63, 3.8) is 0 Å².